The van der Waals surface area contributed by atoms with Crippen molar-refractivity contribution in [2.24, 2.45) is 0 Å². The van der Waals surface area contributed by atoms with Crippen LogP contribution in [0.25, 0.3) is 0 Å². The number of carbonyl (C=O) groups is 1. The lowest BCUT2D eigenvalue weighted by atomic mass is 10.1. The van der Waals surface area contributed by atoms with Crippen LogP contribution in [0.15, 0.2) is 24.4 Å². The van der Waals surface area contributed by atoms with Crippen LogP contribution in [-0.2, 0) is 9.47 Å². The van der Waals surface area contributed by atoms with E-state index < -0.39 is 0 Å². The minimum atomic E-state index is -0.322. The smallest absolute Gasteiger partial charge is 0.181 e. The van der Waals surface area contributed by atoms with Crippen LogP contribution in [0.1, 0.15) is 23.3 Å². The molecular formula is C12H18BrNO3. The van der Waals surface area contributed by atoms with Gasteiger partial charge in [-0.05, 0) is 18.0 Å². The summed E-state index contributed by atoms with van der Waals surface area (Å²) in [4.78, 5) is 15.6. The third-order valence-corrected chi connectivity index (χ3v) is 2.08. The molecule has 0 atom stereocenters. The largest absolute Gasteiger partial charge is 0.356 e. The van der Waals surface area contributed by atoms with Crippen LogP contribution in [0.5, 0.6) is 0 Å². The van der Waals surface area contributed by atoms with Crippen molar-refractivity contribution in [3.63, 3.8) is 0 Å². The van der Waals surface area contributed by atoms with Gasteiger partial charge in [-0.25, -0.2) is 0 Å². The van der Waals surface area contributed by atoms with E-state index in [9.17, 15) is 4.79 Å². The lowest BCUT2D eigenvalue weighted by molar-refractivity contribution is -0.105. The van der Waals surface area contributed by atoms with Crippen molar-refractivity contribution < 1.29 is 14.3 Å². The van der Waals surface area contributed by atoms with E-state index >= 15 is 0 Å². The molecule has 0 saturated heterocycles. The maximum absolute atomic E-state index is 11.6. The molecule has 0 fully saturated rings. The predicted molar refractivity (Wildman–Crippen MR) is 70.5 cm³/mol. The molecule has 0 aliphatic heterocycles. The third-order valence-electron chi connectivity index (χ3n) is 2.08. The van der Waals surface area contributed by atoms with Crippen molar-refractivity contribution in [2.45, 2.75) is 19.1 Å². The fourth-order valence-electron chi connectivity index (χ4n) is 1.24. The van der Waals surface area contributed by atoms with E-state index in [0.717, 1.165) is 0 Å². The Morgan fingerprint density at radius 2 is 2.00 bits per heavy atom. The lowest BCUT2D eigenvalue weighted by Crippen LogP contribution is -2.15. The summed E-state index contributed by atoms with van der Waals surface area (Å²) in [5.74, 6) is 1.82. The van der Waals surface area contributed by atoms with Gasteiger partial charge >= 0.3 is 0 Å². The molecule has 0 aliphatic carbocycles. The first kappa shape index (κ1) is 16.2. The van der Waals surface area contributed by atoms with Crippen molar-refractivity contribution in [2.75, 3.05) is 20.1 Å². The number of ketones is 1. The number of aromatic nitrogens is 1. The summed E-state index contributed by atoms with van der Waals surface area (Å²) in [6, 6.07) is 5.28. The number of hydrogen-bond donors (Lipinski definition) is 0. The average Bonchev–Trinajstić information content (AvgIpc) is 2.43. The standard InChI is InChI=1S/C11H15NO3.CH3Br/c1-14-11(15-2)7-6-10(13)9-5-3-4-8-12-9;1-2/h3-5,8,11H,6-7H2,1-2H3;1H3. The van der Waals surface area contributed by atoms with Gasteiger partial charge in [0.05, 0.1) is 0 Å². The molecule has 0 saturated carbocycles. The SMILES string of the molecule is CBr.COC(CCC(=O)c1ccccn1)OC. The minimum absolute atomic E-state index is 0.00898. The molecule has 96 valence electrons. The van der Waals surface area contributed by atoms with E-state index in [1.807, 2.05) is 5.83 Å². The zero-order chi connectivity index (χ0) is 13.1. The normalized spacial score (nSPS) is 9.71. The number of alkyl halides is 1. The highest BCUT2D eigenvalue weighted by Gasteiger charge is 2.11. The second-order valence-electron chi connectivity index (χ2n) is 3.08. The van der Waals surface area contributed by atoms with Gasteiger partial charge in [0.15, 0.2) is 12.1 Å². The average molecular weight is 304 g/mol. The van der Waals surface area contributed by atoms with E-state index in [4.69, 9.17) is 9.47 Å². The van der Waals surface area contributed by atoms with Gasteiger partial charge in [0.25, 0.3) is 0 Å². The Balaban J connectivity index is 0.00000121. The maximum atomic E-state index is 11.6. The second-order valence-corrected chi connectivity index (χ2v) is 3.08. The molecule has 0 aliphatic rings. The molecule has 0 amide bonds. The number of Topliss-reactive ketones (excluding diaryl/α,β-unsaturated/α-hetero) is 1. The molecule has 1 heterocycles. The van der Waals surface area contributed by atoms with Crippen molar-refractivity contribution >= 4 is 21.7 Å². The van der Waals surface area contributed by atoms with Gasteiger partial charge in [0.2, 0.25) is 0 Å². The Kier molecular flexibility index (Phi) is 9.90. The highest BCUT2D eigenvalue weighted by Crippen LogP contribution is 2.06. The van der Waals surface area contributed by atoms with Crippen molar-refractivity contribution in [1.82, 2.24) is 4.98 Å². The number of ether oxygens (including phenoxy) is 2. The Hall–Kier alpha value is -0.780. The van der Waals surface area contributed by atoms with Crippen LogP contribution in [0.4, 0.5) is 0 Å². The molecule has 0 spiro atoms. The van der Waals surface area contributed by atoms with Crippen LogP contribution >= 0.6 is 15.9 Å². The molecule has 0 bridgehead atoms. The second kappa shape index (κ2) is 10.4. The number of methoxy groups -OCH3 is 2. The number of carbonyl (C=O) groups excluding carboxylic acids is 1. The van der Waals surface area contributed by atoms with E-state index in [2.05, 4.69) is 20.9 Å². The summed E-state index contributed by atoms with van der Waals surface area (Å²) in [5, 5.41) is 0. The number of hydrogen-bond acceptors (Lipinski definition) is 4. The summed E-state index contributed by atoms with van der Waals surface area (Å²) in [7, 11) is 3.11. The fourth-order valence-corrected chi connectivity index (χ4v) is 1.24. The number of nitrogens with zero attached hydrogens (tertiary/aromatic N) is 1. The van der Waals surface area contributed by atoms with E-state index in [0.29, 0.717) is 18.5 Å². The number of rotatable bonds is 6. The highest BCUT2D eigenvalue weighted by atomic mass is 79.9. The molecule has 0 unspecified atom stereocenters. The molecule has 5 heteroatoms. The Morgan fingerprint density at radius 3 is 2.47 bits per heavy atom. The Bertz CT molecular complexity index is 302. The van der Waals surface area contributed by atoms with Crippen LogP contribution in [0, 0.1) is 0 Å². The number of halogens is 1. The third kappa shape index (κ3) is 6.51. The molecule has 0 aromatic carbocycles. The summed E-state index contributed by atoms with van der Waals surface area (Å²) < 4.78 is 9.98. The zero-order valence-corrected chi connectivity index (χ0v) is 11.9. The number of pyridine rings is 1. The van der Waals surface area contributed by atoms with Gasteiger partial charge in [0, 0.05) is 33.3 Å². The molecule has 17 heavy (non-hydrogen) atoms. The van der Waals surface area contributed by atoms with Crippen LogP contribution in [0.3, 0.4) is 0 Å². The van der Waals surface area contributed by atoms with Gasteiger partial charge in [0.1, 0.15) is 5.69 Å². The van der Waals surface area contributed by atoms with E-state index in [1.54, 1.807) is 38.6 Å². The van der Waals surface area contributed by atoms with Crippen molar-refractivity contribution in [3.8, 4) is 0 Å². The quantitative estimate of drug-likeness (QED) is 0.460. The summed E-state index contributed by atoms with van der Waals surface area (Å²) >= 11 is 2.94. The summed E-state index contributed by atoms with van der Waals surface area (Å²) in [5.41, 5.74) is 0.489. The monoisotopic (exact) mass is 303 g/mol. The lowest BCUT2D eigenvalue weighted by Gasteiger charge is -2.11. The van der Waals surface area contributed by atoms with Crippen molar-refractivity contribution in [3.05, 3.63) is 30.1 Å². The van der Waals surface area contributed by atoms with E-state index in [-0.39, 0.29) is 12.1 Å². The van der Waals surface area contributed by atoms with Crippen LogP contribution in [-0.4, -0.2) is 37.1 Å². The Labute approximate surface area is 110 Å². The fraction of sp³-hybridized carbons (Fsp3) is 0.500. The molecular weight excluding hydrogens is 286 g/mol. The maximum Gasteiger partial charge on any atom is 0.181 e. The topological polar surface area (TPSA) is 48.4 Å². The molecule has 1 aromatic rings. The van der Waals surface area contributed by atoms with Crippen molar-refractivity contribution in [1.29, 1.82) is 0 Å². The van der Waals surface area contributed by atoms with Gasteiger partial charge in [-0.2, -0.15) is 0 Å². The zero-order valence-electron chi connectivity index (χ0n) is 10.4. The molecule has 0 radical (unpaired) electrons. The minimum Gasteiger partial charge on any atom is -0.356 e. The van der Waals surface area contributed by atoms with Gasteiger partial charge in [-0.15, -0.1) is 0 Å². The Morgan fingerprint density at radius 1 is 1.35 bits per heavy atom. The highest BCUT2D eigenvalue weighted by molar-refractivity contribution is 9.08. The summed E-state index contributed by atoms with van der Waals surface area (Å²) in [6.07, 6.45) is 2.21. The van der Waals surface area contributed by atoms with Gasteiger partial charge < -0.3 is 9.47 Å². The molecule has 0 N–H and O–H groups in total. The van der Waals surface area contributed by atoms with Gasteiger partial charge in [-0.3, -0.25) is 9.78 Å². The molecule has 4 nitrogen and oxygen atoms in total. The first-order valence-corrected chi connectivity index (χ1v) is 6.74. The first-order valence-electron chi connectivity index (χ1n) is 5.15. The molecule has 1 rings (SSSR count). The van der Waals surface area contributed by atoms with Crippen LogP contribution < -0.4 is 0 Å². The van der Waals surface area contributed by atoms with Crippen LogP contribution in [0.2, 0.25) is 0 Å². The van der Waals surface area contributed by atoms with E-state index in [1.165, 1.54) is 0 Å². The first-order chi connectivity index (χ1) is 8.27. The molecule has 1 aromatic heterocycles. The predicted octanol–water partition coefficient (Wildman–Crippen LogP) is 2.67. The van der Waals surface area contributed by atoms with Gasteiger partial charge in [-0.1, -0.05) is 22.0 Å². The summed E-state index contributed by atoms with van der Waals surface area (Å²) in [6.45, 7) is 0.